The van der Waals surface area contributed by atoms with Crippen molar-refractivity contribution < 1.29 is 9.84 Å². The number of likely N-dealkylation sites (N-methyl/N-ethyl adjacent to an activating group) is 1. The van der Waals surface area contributed by atoms with Gasteiger partial charge in [-0.2, -0.15) is 0 Å². The lowest BCUT2D eigenvalue weighted by Gasteiger charge is -2.33. The van der Waals surface area contributed by atoms with Gasteiger partial charge in [-0.15, -0.1) is 0 Å². The number of rotatable bonds is 10. The Hall–Kier alpha value is -0.890. The predicted octanol–water partition coefficient (Wildman–Crippen LogP) is 0.355. The Morgan fingerprint density at radius 1 is 1.32 bits per heavy atom. The Labute approximate surface area is 153 Å². The predicted molar refractivity (Wildman–Crippen MR) is 104 cm³/mol. The van der Waals surface area contributed by atoms with Gasteiger partial charge in [0.2, 0.25) is 0 Å². The number of hydrogen-bond donors (Lipinski definition) is 3. The third kappa shape index (κ3) is 9.39. The van der Waals surface area contributed by atoms with Crippen LogP contribution in [0.25, 0.3) is 0 Å². The summed E-state index contributed by atoms with van der Waals surface area (Å²) in [5.74, 6) is 0.766. The molecule has 0 radical (unpaired) electrons. The Morgan fingerprint density at radius 3 is 2.60 bits per heavy atom. The number of ether oxygens (including phenoxy) is 1. The van der Waals surface area contributed by atoms with Crippen LogP contribution in [0.15, 0.2) is 4.99 Å². The molecular formula is C18H39N5O2. The first-order chi connectivity index (χ1) is 11.9. The molecule has 1 fully saturated rings. The lowest BCUT2D eigenvalue weighted by Crippen LogP contribution is -2.48. The second-order valence-electron chi connectivity index (χ2n) is 7.25. The van der Waals surface area contributed by atoms with Gasteiger partial charge in [-0.05, 0) is 34.2 Å². The SMILES string of the molecule is CCNC(=NCC(C)(O)CN1CCOCC1)NCCN(C)C(C)CC. The fourth-order valence-corrected chi connectivity index (χ4v) is 2.76. The van der Waals surface area contributed by atoms with Crippen LogP contribution < -0.4 is 10.6 Å². The highest BCUT2D eigenvalue weighted by Gasteiger charge is 2.25. The molecule has 0 aromatic carbocycles. The van der Waals surface area contributed by atoms with Crippen molar-refractivity contribution >= 4 is 5.96 Å². The summed E-state index contributed by atoms with van der Waals surface area (Å²) in [6.45, 7) is 15.2. The van der Waals surface area contributed by atoms with E-state index in [1.165, 1.54) is 0 Å². The Bertz CT molecular complexity index is 384. The van der Waals surface area contributed by atoms with Gasteiger partial charge in [-0.3, -0.25) is 9.89 Å². The molecule has 1 saturated heterocycles. The van der Waals surface area contributed by atoms with Crippen molar-refractivity contribution in [1.82, 2.24) is 20.4 Å². The first-order valence-electron chi connectivity index (χ1n) is 9.63. The molecule has 2 unspecified atom stereocenters. The molecule has 148 valence electrons. The van der Waals surface area contributed by atoms with Crippen molar-refractivity contribution in [3.8, 4) is 0 Å². The second-order valence-corrected chi connectivity index (χ2v) is 7.25. The normalized spacial score (nSPS) is 20.4. The zero-order valence-corrected chi connectivity index (χ0v) is 16.8. The molecule has 2 atom stereocenters. The lowest BCUT2D eigenvalue weighted by atomic mass is 10.1. The van der Waals surface area contributed by atoms with E-state index in [2.05, 4.69) is 46.3 Å². The molecule has 1 aliphatic heterocycles. The standard InChI is InChI=1S/C18H39N5O2/c1-6-16(3)22(5)9-8-20-17(19-7-2)21-14-18(4,24)15-23-10-12-25-13-11-23/h16,24H,6-15H2,1-5H3,(H2,19,20,21). The largest absolute Gasteiger partial charge is 0.387 e. The average molecular weight is 358 g/mol. The molecule has 1 aliphatic rings. The quantitative estimate of drug-likeness (QED) is 0.387. The Kier molecular flexibility index (Phi) is 10.3. The van der Waals surface area contributed by atoms with Gasteiger partial charge < -0.3 is 25.4 Å². The van der Waals surface area contributed by atoms with E-state index in [1.54, 1.807) is 0 Å². The van der Waals surface area contributed by atoms with Crippen LogP contribution in [0.3, 0.4) is 0 Å². The van der Waals surface area contributed by atoms with Crippen LogP contribution in [0, 0.1) is 0 Å². The number of hydrogen-bond acceptors (Lipinski definition) is 5. The van der Waals surface area contributed by atoms with E-state index in [0.29, 0.717) is 19.1 Å². The maximum absolute atomic E-state index is 10.6. The number of aliphatic imine (C=N–C) groups is 1. The zero-order chi connectivity index (χ0) is 18.7. The Balaban J connectivity index is 2.44. The molecule has 0 aromatic rings. The van der Waals surface area contributed by atoms with E-state index in [1.807, 2.05) is 13.8 Å². The summed E-state index contributed by atoms with van der Waals surface area (Å²) in [6.07, 6.45) is 1.15. The zero-order valence-electron chi connectivity index (χ0n) is 16.8. The number of aliphatic hydroxyl groups is 1. The van der Waals surface area contributed by atoms with E-state index in [0.717, 1.165) is 58.3 Å². The first-order valence-corrected chi connectivity index (χ1v) is 9.63. The summed E-state index contributed by atoms with van der Waals surface area (Å²) in [5, 5.41) is 17.3. The molecule has 7 heteroatoms. The van der Waals surface area contributed by atoms with Gasteiger partial charge >= 0.3 is 0 Å². The summed E-state index contributed by atoms with van der Waals surface area (Å²) in [4.78, 5) is 9.16. The third-order valence-corrected chi connectivity index (χ3v) is 4.69. The van der Waals surface area contributed by atoms with Crippen molar-refractivity contribution in [2.24, 2.45) is 4.99 Å². The fraction of sp³-hybridized carbons (Fsp3) is 0.944. The van der Waals surface area contributed by atoms with E-state index in [-0.39, 0.29) is 0 Å². The van der Waals surface area contributed by atoms with E-state index in [9.17, 15) is 5.11 Å². The second kappa shape index (κ2) is 11.7. The van der Waals surface area contributed by atoms with Crippen molar-refractivity contribution in [3.63, 3.8) is 0 Å². The average Bonchev–Trinajstić information content (AvgIpc) is 2.59. The summed E-state index contributed by atoms with van der Waals surface area (Å²) < 4.78 is 5.36. The monoisotopic (exact) mass is 357 g/mol. The summed E-state index contributed by atoms with van der Waals surface area (Å²) in [5.41, 5.74) is -0.840. The maximum Gasteiger partial charge on any atom is 0.191 e. The van der Waals surface area contributed by atoms with Gasteiger partial charge in [0.25, 0.3) is 0 Å². The van der Waals surface area contributed by atoms with Crippen molar-refractivity contribution in [1.29, 1.82) is 0 Å². The van der Waals surface area contributed by atoms with E-state index in [4.69, 9.17) is 4.74 Å². The number of nitrogens with zero attached hydrogens (tertiary/aromatic N) is 3. The number of β-amino-alcohol motifs (C(OH)–C–C–N with tert-alkyl or cyclic N) is 1. The molecule has 1 rings (SSSR count). The molecule has 0 amide bonds. The number of nitrogens with one attached hydrogen (secondary N) is 2. The van der Waals surface area contributed by atoms with E-state index >= 15 is 0 Å². The van der Waals surface area contributed by atoms with Gasteiger partial charge in [0.15, 0.2) is 5.96 Å². The van der Waals surface area contributed by atoms with Gasteiger partial charge in [0.1, 0.15) is 0 Å². The van der Waals surface area contributed by atoms with E-state index < -0.39 is 5.60 Å². The minimum absolute atomic E-state index is 0.376. The third-order valence-electron chi connectivity index (χ3n) is 4.69. The summed E-state index contributed by atoms with van der Waals surface area (Å²) in [7, 11) is 2.15. The van der Waals surface area contributed by atoms with Crippen LogP contribution in [0.1, 0.15) is 34.1 Å². The summed E-state index contributed by atoms with van der Waals surface area (Å²) >= 11 is 0. The van der Waals surface area contributed by atoms with Crippen LogP contribution in [-0.4, -0.2) is 98.6 Å². The fourth-order valence-electron chi connectivity index (χ4n) is 2.76. The van der Waals surface area contributed by atoms with Crippen LogP contribution >= 0.6 is 0 Å². The van der Waals surface area contributed by atoms with Gasteiger partial charge in [0, 0.05) is 45.3 Å². The highest BCUT2D eigenvalue weighted by Crippen LogP contribution is 2.09. The molecule has 7 nitrogen and oxygen atoms in total. The van der Waals surface area contributed by atoms with Crippen molar-refractivity contribution in [2.45, 2.75) is 45.8 Å². The van der Waals surface area contributed by atoms with Crippen molar-refractivity contribution in [3.05, 3.63) is 0 Å². The van der Waals surface area contributed by atoms with Crippen LogP contribution in [0.2, 0.25) is 0 Å². The van der Waals surface area contributed by atoms with Gasteiger partial charge in [-0.25, -0.2) is 0 Å². The molecule has 0 saturated carbocycles. The smallest absolute Gasteiger partial charge is 0.191 e. The highest BCUT2D eigenvalue weighted by molar-refractivity contribution is 5.79. The van der Waals surface area contributed by atoms with Crippen LogP contribution in [0.4, 0.5) is 0 Å². The van der Waals surface area contributed by atoms with Crippen LogP contribution in [-0.2, 0) is 4.74 Å². The number of guanidine groups is 1. The Morgan fingerprint density at radius 2 is 2.00 bits per heavy atom. The molecule has 0 bridgehead atoms. The molecular weight excluding hydrogens is 318 g/mol. The molecule has 1 heterocycles. The molecule has 25 heavy (non-hydrogen) atoms. The first kappa shape index (κ1) is 22.2. The molecule has 3 N–H and O–H groups in total. The number of morpholine rings is 1. The minimum Gasteiger partial charge on any atom is -0.387 e. The van der Waals surface area contributed by atoms with Crippen molar-refractivity contribution in [2.75, 3.05) is 66.1 Å². The van der Waals surface area contributed by atoms with Crippen LogP contribution in [0.5, 0.6) is 0 Å². The van der Waals surface area contributed by atoms with Gasteiger partial charge in [0.05, 0.1) is 25.4 Å². The minimum atomic E-state index is -0.840. The maximum atomic E-state index is 10.6. The highest BCUT2D eigenvalue weighted by atomic mass is 16.5. The lowest BCUT2D eigenvalue weighted by molar-refractivity contribution is -0.0179. The topological polar surface area (TPSA) is 72.4 Å². The molecule has 0 aliphatic carbocycles. The molecule has 0 spiro atoms. The van der Waals surface area contributed by atoms with Gasteiger partial charge in [-0.1, -0.05) is 6.92 Å². The summed E-state index contributed by atoms with van der Waals surface area (Å²) in [6, 6.07) is 0.579. The molecule has 0 aromatic heterocycles.